The molecular weight excluding hydrogens is 294 g/mol. The molecule has 2 aromatic rings. The van der Waals surface area contributed by atoms with Crippen molar-refractivity contribution in [3.05, 3.63) is 47.7 Å². The molecule has 1 saturated heterocycles. The van der Waals surface area contributed by atoms with Crippen molar-refractivity contribution in [1.29, 1.82) is 0 Å². The maximum Gasteiger partial charge on any atom is 0.0686 e. The third-order valence-corrected chi connectivity index (χ3v) is 5.22. The van der Waals surface area contributed by atoms with E-state index in [1.807, 2.05) is 12.3 Å². The van der Waals surface area contributed by atoms with E-state index in [0.29, 0.717) is 0 Å². The van der Waals surface area contributed by atoms with Crippen molar-refractivity contribution in [3.8, 4) is 0 Å². The minimum absolute atomic E-state index is 0.723. The van der Waals surface area contributed by atoms with E-state index in [1.54, 1.807) is 0 Å². The first-order chi connectivity index (χ1) is 10.8. The number of piperidine rings is 1. The summed E-state index contributed by atoms with van der Waals surface area (Å²) in [7, 11) is 0. The molecule has 1 aliphatic heterocycles. The second-order valence-corrected chi connectivity index (χ2v) is 6.73. The minimum Gasteiger partial charge on any atom is -0.371 e. The second-order valence-electron chi connectivity index (χ2n) is 6.29. The van der Waals surface area contributed by atoms with E-state index in [2.05, 4.69) is 45.5 Å². The van der Waals surface area contributed by atoms with Crippen LogP contribution in [0.4, 0.5) is 5.69 Å². The number of rotatable bonds is 2. The number of aromatic amines is 1. The Balaban J connectivity index is 1.52. The lowest BCUT2D eigenvalue weighted by Crippen LogP contribution is -2.36. The van der Waals surface area contributed by atoms with E-state index < -0.39 is 0 Å². The summed E-state index contributed by atoms with van der Waals surface area (Å²) in [6, 6.07) is 4.02. The largest absolute Gasteiger partial charge is 0.371 e. The summed E-state index contributed by atoms with van der Waals surface area (Å²) >= 11 is 6.26. The van der Waals surface area contributed by atoms with Crippen LogP contribution in [0.1, 0.15) is 19.3 Å². The Bertz CT molecular complexity index is 723. The molecule has 22 heavy (non-hydrogen) atoms. The van der Waals surface area contributed by atoms with E-state index in [1.165, 1.54) is 30.3 Å². The molecule has 1 aromatic heterocycles. The summed E-state index contributed by atoms with van der Waals surface area (Å²) in [5, 5.41) is 9.12. The van der Waals surface area contributed by atoms with Gasteiger partial charge in [-0.1, -0.05) is 35.9 Å². The number of fused-ring (bicyclic) bond motifs is 1. The van der Waals surface area contributed by atoms with Crippen molar-refractivity contribution < 1.29 is 0 Å². The summed E-state index contributed by atoms with van der Waals surface area (Å²) in [5.41, 5.74) is 2.23. The summed E-state index contributed by atoms with van der Waals surface area (Å²) in [6.45, 7) is 2.19. The molecule has 1 atom stereocenters. The van der Waals surface area contributed by atoms with Gasteiger partial charge in [-0.2, -0.15) is 5.10 Å². The van der Waals surface area contributed by atoms with Crippen molar-refractivity contribution in [1.82, 2.24) is 10.2 Å². The molecule has 3 nitrogen and oxygen atoms in total. The fraction of sp³-hybridized carbons (Fsp3) is 0.389. The molecule has 0 amide bonds. The number of H-pyrrole nitrogens is 1. The van der Waals surface area contributed by atoms with Gasteiger partial charge in [-0.25, -0.2) is 0 Å². The van der Waals surface area contributed by atoms with Gasteiger partial charge in [0, 0.05) is 29.2 Å². The lowest BCUT2D eigenvalue weighted by Gasteiger charge is -2.37. The Labute approximate surface area is 135 Å². The number of hydrogen-bond donors (Lipinski definition) is 1. The van der Waals surface area contributed by atoms with Crippen molar-refractivity contribution in [2.24, 2.45) is 11.8 Å². The maximum atomic E-state index is 6.26. The van der Waals surface area contributed by atoms with Crippen LogP contribution in [0.25, 0.3) is 10.9 Å². The predicted molar refractivity (Wildman–Crippen MR) is 92.4 cm³/mol. The van der Waals surface area contributed by atoms with Crippen LogP contribution in [0.5, 0.6) is 0 Å². The number of nitrogens with one attached hydrogen (secondary N) is 1. The van der Waals surface area contributed by atoms with Gasteiger partial charge in [0.2, 0.25) is 0 Å². The summed E-state index contributed by atoms with van der Waals surface area (Å²) in [4.78, 5) is 2.46. The van der Waals surface area contributed by atoms with Gasteiger partial charge < -0.3 is 4.90 Å². The molecule has 2 heterocycles. The van der Waals surface area contributed by atoms with Gasteiger partial charge in [0.05, 0.1) is 11.7 Å². The normalized spacial score (nSPS) is 22.6. The van der Waals surface area contributed by atoms with Gasteiger partial charge >= 0.3 is 0 Å². The van der Waals surface area contributed by atoms with E-state index in [9.17, 15) is 0 Å². The zero-order valence-electron chi connectivity index (χ0n) is 12.5. The van der Waals surface area contributed by atoms with E-state index in [-0.39, 0.29) is 0 Å². The highest BCUT2D eigenvalue weighted by atomic mass is 35.5. The first-order valence-electron chi connectivity index (χ1n) is 8.02. The lowest BCUT2D eigenvalue weighted by atomic mass is 9.80. The van der Waals surface area contributed by atoms with Crippen molar-refractivity contribution in [2.75, 3.05) is 18.0 Å². The molecule has 0 bridgehead atoms. The number of halogens is 1. The number of allylic oxidation sites excluding steroid dienone is 4. The molecule has 1 unspecified atom stereocenters. The summed E-state index contributed by atoms with van der Waals surface area (Å²) in [6.07, 6.45) is 14.6. The molecule has 4 heteroatoms. The molecule has 114 valence electrons. The molecule has 1 aliphatic carbocycles. The first kappa shape index (κ1) is 13.9. The Kier molecular flexibility index (Phi) is 3.67. The highest BCUT2D eigenvalue weighted by Crippen LogP contribution is 2.35. The van der Waals surface area contributed by atoms with Crippen LogP contribution in [-0.2, 0) is 0 Å². The van der Waals surface area contributed by atoms with E-state index in [0.717, 1.165) is 35.5 Å². The van der Waals surface area contributed by atoms with Crippen LogP contribution in [0.2, 0.25) is 5.02 Å². The topological polar surface area (TPSA) is 31.9 Å². The Morgan fingerprint density at radius 2 is 2.05 bits per heavy atom. The van der Waals surface area contributed by atoms with Crippen molar-refractivity contribution in [3.63, 3.8) is 0 Å². The maximum absolute atomic E-state index is 6.26. The van der Waals surface area contributed by atoms with Crippen molar-refractivity contribution >= 4 is 28.2 Å². The van der Waals surface area contributed by atoms with Gasteiger partial charge in [0.25, 0.3) is 0 Å². The number of benzene rings is 1. The fourth-order valence-electron chi connectivity index (χ4n) is 3.78. The molecule has 1 aromatic carbocycles. The number of hydrogen-bond acceptors (Lipinski definition) is 2. The van der Waals surface area contributed by atoms with Crippen molar-refractivity contribution in [2.45, 2.75) is 19.3 Å². The Hall–Kier alpha value is -1.74. The monoisotopic (exact) mass is 313 g/mol. The summed E-state index contributed by atoms with van der Waals surface area (Å²) in [5.74, 6) is 1.52. The zero-order chi connectivity index (χ0) is 14.9. The number of nitrogens with zero attached hydrogens (tertiary/aromatic N) is 2. The SMILES string of the molecule is Clc1cc(N2CCC(C3C=CC=CC3)CC2)c2cn[nH]c2c1. The molecule has 2 aliphatic rings. The van der Waals surface area contributed by atoms with E-state index >= 15 is 0 Å². The van der Waals surface area contributed by atoms with Crippen LogP contribution >= 0.6 is 11.6 Å². The van der Waals surface area contributed by atoms with Crippen LogP contribution in [-0.4, -0.2) is 23.3 Å². The fourth-order valence-corrected chi connectivity index (χ4v) is 3.99. The average molecular weight is 314 g/mol. The van der Waals surface area contributed by atoms with Crippen LogP contribution < -0.4 is 4.90 Å². The van der Waals surface area contributed by atoms with Gasteiger partial charge in [-0.15, -0.1) is 0 Å². The second kappa shape index (κ2) is 5.81. The molecular formula is C18H20ClN3. The quantitative estimate of drug-likeness (QED) is 0.881. The molecule has 4 rings (SSSR count). The molecule has 0 saturated carbocycles. The average Bonchev–Trinajstić information content (AvgIpc) is 3.03. The van der Waals surface area contributed by atoms with Crippen LogP contribution in [0.15, 0.2) is 42.6 Å². The minimum atomic E-state index is 0.723. The third kappa shape index (κ3) is 2.54. The highest BCUT2D eigenvalue weighted by molar-refractivity contribution is 6.31. The molecule has 1 N–H and O–H groups in total. The first-order valence-corrected chi connectivity index (χ1v) is 8.40. The molecule has 0 spiro atoms. The number of aromatic nitrogens is 2. The standard InChI is InChI=1S/C18H20ClN3/c19-15-10-17-16(12-20-21-17)18(11-15)22-8-6-14(7-9-22)13-4-2-1-3-5-13/h1-4,10-14H,5-9H2,(H,20,21). The third-order valence-electron chi connectivity index (χ3n) is 5.00. The lowest BCUT2D eigenvalue weighted by molar-refractivity contribution is 0.319. The highest BCUT2D eigenvalue weighted by Gasteiger charge is 2.26. The predicted octanol–water partition coefficient (Wildman–Crippen LogP) is 4.57. The Morgan fingerprint density at radius 3 is 2.82 bits per heavy atom. The van der Waals surface area contributed by atoms with Gasteiger partial charge in [-0.05, 0) is 43.2 Å². The number of anilines is 1. The molecule has 1 fully saturated rings. The molecule has 0 radical (unpaired) electrons. The van der Waals surface area contributed by atoms with Crippen LogP contribution in [0, 0.1) is 11.8 Å². The van der Waals surface area contributed by atoms with Crippen LogP contribution in [0.3, 0.4) is 0 Å². The smallest absolute Gasteiger partial charge is 0.0686 e. The van der Waals surface area contributed by atoms with Gasteiger partial charge in [-0.3, -0.25) is 5.10 Å². The van der Waals surface area contributed by atoms with Gasteiger partial charge in [0.15, 0.2) is 0 Å². The summed E-state index contributed by atoms with van der Waals surface area (Å²) < 4.78 is 0. The van der Waals surface area contributed by atoms with E-state index in [4.69, 9.17) is 11.6 Å². The Morgan fingerprint density at radius 1 is 1.18 bits per heavy atom. The van der Waals surface area contributed by atoms with Gasteiger partial charge in [0.1, 0.15) is 0 Å². The zero-order valence-corrected chi connectivity index (χ0v) is 13.3.